The predicted molar refractivity (Wildman–Crippen MR) is 105 cm³/mol. The third-order valence-electron chi connectivity index (χ3n) is 4.13. The molecule has 0 unspecified atom stereocenters. The Hall–Kier alpha value is -3.27. The molecule has 3 amide bonds. The smallest absolute Gasteiger partial charge is 0.267 e. The van der Waals surface area contributed by atoms with Crippen molar-refractivity contribution in [2.45, 2.75) is 13.0 Å². The molecule has 0 bridgehead atoms. The van der Waals surface area contributed by atoms with Crippen molar-refractivity contribution in [1.82, 2.24) is 10.8 Å². The van der Waals surface area contributed by atoms with E-state index in [1.807, 2.05) is 19.1 Å². The van der Waals surface area contributed by atoms with Crippen molar-refractivity contribution in [3.63, 3.8) is 0 Å². The summed E-state index contributed by atoms with van der Waals surface area (Å²) in [5, 5.41) is 13.8. The lowest BCUT2D eigenvalue weighted by Crippen LogP contribution is -2.50. The summed E-state index contributed by atoms with van der Waals surface area (Å²) in [5.74, 6) is -1.54. The molecule has 0 fully saturated rings. The molecule has 0 saturated carbocycles. The highest BCUT2D eigenvalue weighted by Crippen LogP contribution is 2.25. The highest BCUT2D eigenvalue weighted by atomic mass is 16.5. The molecule has 2 aromatic carbocycles. The van der Waals surface area contributed by atoms with Crippen molar-refractivity contribution < 1.29 is 19.6 Å². The van der Waals surface area contributed by atoms with Gasteiger partial charge in [-0.05, 0) is 47.9 Å². The number of aryl methyl sites for hydroxylation is 1. The van der Waals surface area contributed by atoms with E-state index in [1.54, 1.807) is 30.3 Å². The van der Waals surface area contributed by atoms with Crippen LogP contribution in [0.1, 0.15) is 15.9 Å². The van der Waals surface area contributed by atoms with E-state index in [9.17, 15) is 14.4 Å². The number of nitrogens with one attached hydrogen (secondary N) is 3. The third-order valence-corrected chi connectivity index (χ3v) is 4.13. The summed E-state index contributed by atoms with van der Waals surface area (Å²) in [6.45, 7) is 1.63. The van der Waals surface area contributed by atoms with Gasteiger partial charge in [0.25, 0.3) is 11.8 Å². The van der Waals surface area contributed by atoms with Crippen LogP contribution in [0.15, 0.2) is 42.5 Å². The first kappa shape index (κ1) is 21.0. The summed E-state index contributed by atoms with van der Waals surface area (Å²) in [6.07, 6.45) is 0. The van der Waals surface area contributed by atoms with E-state index >= 15 is 0 Å². The first-order valence-electron chi connectivity index (χ1n) is 8.55. The Morgan fingerprint density at radius 3 is 2.21 bits per heavy atom. The summed E-state index contributed by atoms with van der Waals surface area (Å²) in [6, 6.07) is 11.3. The van der Waals surface area contributed by atoms with Gasteiger partial charge in [-0.1, -0.05) is 18.2 Å². The molecule has 0 aliphatic carbocycles. The van der Waals surface area contributed by atoms with Crippen LogP contribution >= 0.6 is 0 Å². The van der Waals surface area contributed by atoms with Gasteiger partial charge >= 0.3 is 0 Å². The number of benzene rings is 2. The van der Waals surface area contributed by atoms with Crippen LogP contribution in [0.2, 0.25) is 0 Å². The van der Waals surface area contributed by atoms with Crippen molar-refractivity contribution >= 4 is 23.4 Å². The molecule has 28 heavy (non-hydrogen) atoms. The summed E-state index contributed by atoms with van der Waals surface area (Å²) in [4.78, 5) is 35.1. The SMILES string of the molecule is Cc1cc(-c2ccc(C(=O)N[C@@H](CN)C(=O)NO)cc2)ccc1NC(=O)CN. The first-order chi connectivity index (χ1) is 13.4. The molecule has 0 spiro atoms. The predicted octanol–water partition coefficient (Wildman–Crippen LogP) is 0.122. The number of hydroxylamine groups is 1. The van der Waals surface area contributed by atoms with Crippen molar-refractivity contribution in [3.05, 3.63) is 53.6 Å². The largest absolute Gasteiger partial charge is 0.339 e. The molecule has 9 nitrogen and oxygen atoms in total. The normalized spacial score (nSPS) is 11.4. The van der Waals surface area contributed by atoms with Gasteiger partial charge in [0, 0.05) is 17.8 Å². The van der Waals surface area contributed by atoms with Crippen LogP contribution < -0.4 is 27.6 Å². The Kier molecular flexibility index (Phi) is 7.21. The molecule has 148 valence electrons. The van der Waals surface area contributed by atoms with Gasteiger partial charge in [-0.3, -0.25) is 19.6 Å². The highest BCUT2D eigenvalue weighted by molar-refractivity contribution is 5.98. The van der Waals surface area contributed by atoms with Crippen LogP contribution in [-0.2, 0) is 9.59 Å². The number of nitrogens with two attached hydrogens (primary N) is 2. The van der Waals surface area contributed by atoms with E-state index < -0.39 is 17.9 Å². The van der Waals surface area contributed by atoms with Gasteiger partial charge in [-0.15, -0.1) is 0 Å². The Morgan fingerprint density at radius 1 is 1.04 bits per heavy atom. The molecule has 2 rings (SSSR count). The number of rotatable bonds is 7. The summed E-state index contributed by atoms with van der Waals surface area (Å²) in [5.41, 5.74) is 15.9. The van der Waals surface area contributed by atoms with Crippen molar-refractivity contribution in [2.24, 2.45) is 11.5 Å². The highest BCUT2D eigenvalue weighted by Gasteiger charge is 2.19. The molecule has 0 aromatic heterocycles. The minimum Gasteiger partial charge on any atom is -0.339 e. The molecule has 0 radical (unpaired) electrons. The molecular formula is C19H23N5O4. The summed E-state index contributed by atoms with van der Waals surface area (Å²) < 4.78 is 0. The molecule has 0 heterocycles. The standard InChI is InChI=1S/C19H23N5O4/c1-11-8-14(6-7-15(11)22-17(25)10-21)12-2-4-13(5-3-12)18(26)23-16(9-20)19(27)24-28/h2-8,16,28H,9-10,20-21H2,1H3,(H,22,25)(H,23,26)(H,24,27)/t16-/m0/s1. The van der Waals surface area contributed by atoms with E-state index in [0.717, 1.165) is 16.7 Å². The zero-order chi connectivity index (χ0) is 20.7. The second-order valence-electron chi connectivity index (χ2n) is 6.10. The van der Waals surface area contributed by atoms with E-state index in [4.69, 9.17) is 16.7 Å². The molecule has 1 atom stereocenters. The van der Waals surface area contributed by atoms with Crippen LogP contribution in [0.25, 0.3) is 11.1 Å². The Bertz CT molecular complexity index is 867. The molecule has 8 N–H and O–H groups in total. The van der Waals surface area contributed by atoms with Crippen molar-refractivity contribution in [2.75, 3.05) is 18.4 Å². The van der Waals surface area contributed by atoms with E-state index in [-0.39, 0.29) is 19.0 Å². The molecule has 0 aliphatic heterocycles. The number of hydrogen-bond acceptors (Lipinski definition) is 6. The monoisotopic (exact) mass is 385 g/mol. The quantitative estimate of drug-likeness (QED) is 0.293. The molecule has 9 heteroatoms. The van der Waals surface area contributed by atoms with Crippen LogP contribution in [0.4, 0.5) is 5.69 Å². The molecule has 0 aliphatic rings. The van der Waals surface area contributed by atoms with Crippen LogP contribution in [0.5, 0.6) is 0 Å². The van der Waals surface area contributed by atoms with Crippen LogP contribution in [0.3, 0.4) is 0 Å². The zero-order valence-electron chi connectivity index (χ0n) is 15.4. The zero-order valence-corrected chi connectivity index (χ0v) is 15.4. The lowest BCUT2D eigenvalue weighted by Gasteiger charge is -2.15. The average Bonchev–Trinajstić information content (AvgIpc) is 2.72. The first-order valence-corrected chi connectivity index (χ1v) is 8.55. The van der Waals surface area contributed by atoms with Crippen LogP contribution in [-0.4, -0.2) is 42.1 Å². The Balaban J connectivity index is 2.13. The van der Waals surface area contributed by atoms with E-state index in [0.29, 0.717) is 11.3 Å². The Labute approximate surface area is 162 Å². The summed E-state index contributed by atoms with van der Waals surface area (Å²) >= 11 is 0. The summed E-state index contributed by atoms with van der Waals surface area (Å²) in [7, 11) is 0. The minimum atomic E-state index is -1.03. The number of carbonyl (C=O) groups is 3. The fourth-order valence-electron chi connectivity index (χ4n) is 2.55. The second kappa shape index (κ2) is 9.60. The molecular weight excluding hydrogens is 362 g/mol. The topological polar surface area (TPSA) is 160 Å². The fraction of sp³-hybridized carbons (Fsp3) is 0.211. The number of carbonyl (C=O) groups excluding carboxylic acids is 3. The second-order valence-corrected chi connectivity index (χ2v) is 6.10. The maximum atomic E-state index is 12.2. The number of hydrogen-bond donors (Lipinski definition) is 6. The van der Waals surface area contributed by atoms with Crippen LogP contribution in [0, 0.1) is 6.92 Å². The van der Waals surface area contributed by atoms with Gasteiger partial charge in [0.2, 0.25) is 5.91 Å². The fourth-order valence-corrected chi connectivity index (χ4v) is 2.55. The van der Waals surface area contributed by atoms with E-state index in [2.05, 4.69) is 10.6 Å². The van der Waals surface area contributed by atoms with Crippen molar-refractivity contribution in [3.8, 4) is 11.1 Å². The van der Waals surface area contributed by atoms with Gasteiger partial charge in [0.15, 0.2) is 0 Å². The lowest BCUT2D eigenvalue weighted by molar-refractivity contribution is -0.130. The van der Waals surface area contributed by atoms with Gasteiger partial charge in [0.1, 0.15) is 6.04 Å². The molecule has 2 aromatic rings. The molecule has 0 saturated heterocycles. The third kappa shape index (κ3) is 5.13. The minimum absolute atomic E-state index is 0.0876. The van der Waals surface area contributed by atoms with E-state index in [1.165, 1.54) is 5.48 Å². The maximum absolute atomic E-state index is 12.2. The number of anilines is 1. The number of amides is 3. The average molecular weight is 385 g/mol. The van der Waals surface area contributed by atoms with Gasteiger partial charge in [-0.25, -0.2) is 5.48 Å². The maximum Gasteiger partial charge on any atom is 0.267 e. The van der Waals surface area contributed by atoms with Gasteiger partial charge < -0.3 is 22.1 Å². The van der Waals surface area contributed by atoms with Gasteiger partial charge in [-0.2, -0.15) is 0 Å². The Morgan fingerprint density at radius 2 is 1.68 bits per heavy atom. The van der Waals surface area contributed by atoms with Crippen molar-refractivity contribution in [1.29, 1.82) is 0 Å². The lowest BCUT2D eigenvalue weighted by atomic mass is 10.0. The van der Waals surface area contributed by atoms with Gasteiger partial charge in [0.05, 0.1) is 6.54 Å².